The Morgan fingerprint density at radius 1 is 1.50 bits per heavy atom. The Morgan fingerprint density at radius 3 is 3.05 bits per heavy atom. The van der Waals surface area contributed by atoms with Crippen LogP contribution in [0.4, 0.5) is 0 Å². The van der Waals surface area contributed by atoms with Crippen molar-refractivity contribution in [2.24, 2.45) is 10.9 Å². The number of hydrogen-bond acceptors (Lipinski definition) is 5. The van der Waals surface area contributed by atoms with Gasteiger partial charge < -0.3 is 15.7 Å². The highest BCUT2D eigenvalue weighted by atomic mass is 35.5. The molecule has 0 radical (unpaired) electrons. The molecule has 1 aromatic carbocycles. The number of amidine groups is 1. The maximum atomic E-state index is 8.70. The molecule has 2 aromatic rings. The van der Waals surface area contributed by atoms with E-state index in [0.29, 0.717) is 23.0 Å². The van der Waals surface area contributed by atoms with Crippen LogP contribution in [0.2, 0.25) is 5.02 Å². The topological polar surface area (TPSA) is 98.5 Å². The van der Waals surface area contributed by atoms with Gasteiger partial charge in [0.1, 0.15) is 6.10 Å². The van der Waals surface area contributed by atoms with E-state index >= 15 is 0 Å². The van der Waals surface area contributed by atoms with Gasteiger partial charge in [0.05, 0.1) is 18.8 Å². The molecule has 1 atom stereocenters. The zero-order valence-corrected chi connectivity index (χ0v) is 11.2. The molecule has 0 amide bonds. The normalized spacial score (nSPS) is 18.9. The molecule has 0 saturated carbocycles. The number of oxime groups is 1. The summed E-state index contributed by atoms with van der Waals surface area (Å²) in [5, 5.41) is 20.2. The van der Waals surface area contributed by atoms with Crippen molar-refractivity contribution in [3.05, 3.63) is 46.2 Å². The van der Waals surface area contributed by atoms with E-state index < -0.39 is 0 Å². The minimum Gasteiger partial charge on any atom is -0.409 e. The van der Waals surface area contributed by atoms with Gasteiger partial charge in [-0.25, -0.2) is 4.68 Å². The van der Waals surface area contributed by atoms with Gasteiger partial charge in [0, 0.05) is 10.6 Å². The number of nitrogens with two attached hydrogens (primary N) is 1. The van der Waals surface area contributed by atoms with E-state index in [1.807, 2.05) is 24.3 Å². The van der Waals surface area contributed by atoms with E-state index in [0.717, 1.165) is 5.56 Å². The summed E-state index contributed by atoms with van der Waals surface area (Å²) in [6, 6.07) is 7.51. The number of rotatable bonds is 2. The highest BCUT2D eigenvalue weighted by Gasteiger charge is 2.27. The Morgan fingerprint density at radius 2 is 2.30 bits per heavy atom. The Hall–Kier alpha value is -2.12. The Bertz CT molecular complexity index is 670. The lowest BCUT2D eigenvalue weighted by Crippen LogP contribution is -2.24. The second-order valence-corrected chi connectivity index (χ2v) is 4.78. The van der Waals surface area contributed by atoms with Crippen LogP contribution in [0.25, 0.3) is 0 Å². The number of ether oxygens (including phenoxy) is 1. The summed E-state index contributed by atoms with van der Waals surface area (Å²) in [6.07, 6.45) is -0.196. The molecule has 1 unspecified atom stereocenters. The van der Waals surface area contributed by atoms with Gasteiger partial charge >= 0.3 is 0 Å². The van der Waals surface area contributed by atoms with Gasteiger partial charge in [0.2, 0.25) is 0 Å². The second-order valence-electron chi connectivity index (χ2n) is 4.37. The van der Waals surface area contributed by atoms with Crippen molar-refractivity contribution in [3.63, 3.8) is 0 Å². The minimum absolute atomic E-state index is 0.0777. The number of benzene rings is 1. The van der Waals surface area contributed by atoms with Crippen LogP contribution in [0.5, 0.6) is 0 Å². The molecule has 8 heteroatoms. The van der Waals surface area contributed by atoms with Crippen LogP contribution < -0.4 is 5.73 Å². The summed E-state index contributed by atoms with van der Waals surface area (Å²) in [6.45, 7) is 0.749. The maximum Gasteiger partial charge on any atom is 0.192 e. The van der Waals surface area contributed by atoms with Crippen LogP contribution in [0.1, 0.15) is 23.1 Å². The van der Waals surface area contributed by atoms with E-state index in [1.165, 1.54) is 0 Å². The molecule has 104 valence electrons. The number of hydrogen-bond donors (Lipinski definition) is 2. The van der Waals surface area contributed by atoms with Crippen LogP contribution in [0, 0.1) is 0 Å². The molecule has 0 fully saturated rings. The van der Waals surface area contributed by atoms with Gasteiger partial charge in [-0.2, -0.15) is 0 Å². The molecule has 1 aliphatic heterocycles. The lowest BCUT2D eigenvalue weighted by atomic mass is 10.1. The van der Waals surface area contributed by atoms with Crippen LogP contribution in [-0.4, -0.2) is 26.0 Å². The first-order valence-electron chi connectivity index (χ1n) is 5.97. The molecule has 2 heterocycles. The first-order chi connectivity index (χ1) is 9.70. The van der Waals surface area contributed by atoms with Crippen molar-refractivity contribution in [1.82, 2.24) is 15.0 Å². The molecule has 1 aromatic heterocycles. The number of fused-ring (bicyclic) bond motifs is 1. The predicted molar refractivity (Wildman–Crippen MR) is 71.5 cm³/mol. The minimum atomic E-state index is -0.196. The monoisotopic (exact) mass is 293 g/mol. The first-order valence-corrected chi connectivity index (χ1v) is 6.34. The van der Waals surface area contributed by atoms with Gasteiger partial charge in [0.25, 0.3) is 0 Å². The summed E-state index contributed by atoms with van der Waals surface area (Å²) >= 11 is 6.17. The van der Waals surface area contributed by atoms with Gasteiger partial charge in [-0.05, 0) is 6.07 Å². The summed E-state index contributed by atoms with van der Waals surface area (Å²) in [5.74, 6) is -0.0777. The summed E-state index contributed by atoms with van der Waals surface area (Å²) in [7, 11) is 0. The van der Waals surface area contributed by atoms with Gasteiger partial charge in [-0.3, -0.25) is 0 Å². The van der Waals surface area contributed by atoms with E-state index in [-0.39, 0.29) is 18.5 Å². The Kier molecular flexibility index (Phi) is 3.29. The van der Waals surface area contributed by atoms with Crippen LogP contribution in [-0.2, 0) is 17.9 Å². The molecule has 0 saturated heterocycles. The van der Waals surface area contributed by atoms with Gasteiger partial charge in [-0.1, -0.05) is 40.2 Å². The van der Waals surface area contributed by atoms with E-state index in [1.54, 1.807) is 4.68 Å². The molecular weight excluding hydrogens is 282 g/mol. The molecule has 0 spiro atoms. The van der Waals surface area contributed by atoms with Crippen molar-refractivity contribution in [2.45, 2.75) is 19.3 Å². The number of halogens is 1. The Labute approximate surface area is 119 Å². The molecule has 7 nitrogen and oxygen atoms in total. The van der Waals surface area contributed by atoms with E-state index in [2.05, 4.69) is 15.5 Å². The summed E-state index contributed by atoms with van der Waals surface area (Å²) in [4.78, 5) is 0. The SMILES string of the molecule is NC(=NO)c1nnn2c1COC(c1ccccc1Cl)C2. The fourth-order valence-corrected chi connectivity index (χ4v) is 2.44. The summed E-state index contributed by atoms with van der Waals surface area (Å²) in [5.41, 5.74) is 7.47. The molecule has 3 N–H and O–H groups in total. The van der Waals surface area contributed by atoms with E-state index in [9.17, 15) is 0 Å². The number of nitrogens with zero attached hydrogens (tertiary/aromatic N) is 4. The lowest BCUT2D eigenvalue weighted by Gasteiger charge is -2.24. The van der Waals surface area contributed by atoms with Crippen molar-refractivity contribution < 1.29 is 9.94 Å². The molecule has 0 aliphatic carbocycles. The van der Waals surface area contributed by atoms with E-state index in [4.69, 9.17) is 27.3 Å². The third-order valence-corrected chi connectivity index (χ3v) is 3.54. The summed E-state index contributed by atoms with van der Waals surface area (Å²) < 4.78 is 7.47. The smallest absolute Gasteiger partial charge is 0.192 e. The highest BCUT2D eigenvalue weighted by Crippen LogP contribution is 2.31. The molecule has 0 bridgehead atoms. The maximum absolute atomic E-state index is 8.70. The highest BCUT2D eigenvalue weighted by molar-refractivity contribution is 6.31. The molecule has 3 rings (SSSR count). The fourth-order valence-electron chi connectivity index (χ4n) is 2.18. The molecule has 1 aliphatic rings. The zero-order valence-electron chi connectivity index (χ0n) is 10.4. The largest absolute Gasteiger partial charge is 0.409 e. The third kappa shape index (κ3) is 2.10. The third-order valence-electron chi connectivity index (χ3n) is 3.20. The second kappa shape index (κ2) is 5.10. The quantitative estimate of drug-likeness (QED) is 0.376. The molecule has 20 heavy (non-hydrogen) atoms. The van der Waals surface area contributed by atoms with Crippen molar-refractivity contribution >= 4 is 17.4 Å². The van der Waals surface area contributed by atoms with Crippen LogP contribution >= 0.6 is 11.6 Å². The predicted octanol–water partition coefficient (Wildman–Crippen LogP) is 1.30. The lowest BCUT2D eigenvalue weighted by molar-refractivity contribution is -0.00140. The van der Waals surface area contributed by atoms with Crippen molar-refractivity contribution in [1.29, 1.82) is 0 Å². The molecular formula is C12H12ClN5O2. The van der Waals surface area contributed by atoms with Crippen LogP contribution in [0.3, 0.4) is 0 Å². The van der Waals surface area contributed by atoms with Gasteiger partial charge in [0.15, 0.2) is 11.5 Å². The first kappa shape index (κ1) is 12.9. The average Bonchev–Trinajstić information content (AvgIpc) is 2.90. The zero-order chi connectivity index (χ0) is 14.1. The fraction of sp³-hybridized carbons (Fsp3) is 0.250. The van der Waals surface area contributed by atoms with Crippen molar-refractivity contribution in [3.8, 4) is 0 Å². The van der Waals surface area contributed by atoms with Gasteiger partial charge in [-0.15, -0.1) is 5.10 Å². The van der Waals surface area contributed by atoms with Crippen molar-refractivity contribution in [2.75, 3.05) is 0 Å². The Balaban J connectivity index is 1.91. The van der Waals surface area contributed by atoms with Crippen LogP contribution in [0.15, 0.2) is 29.4 Å². The average molecular weight is 294 g/mol. The standard InChI is InChI=1S/C12H12ClN5O2/c13-8-4-2-1-3-7(8)10-5-18-9(6-20-10)11(15-17-18)12(14)16-19/h1-4,10,19H,5-6H2,(H2,14,16). The number of aromatic nitrogens is 3.